The fourth-order valence-corrected chi connectivity index (χ4v) is 6.34. The van der Waals surface area contributed by atoms with Crippen LogP contribution in [-0.2, 0) is 9.53 Å². The van der Waals surface area contributed by atoms with Crippen LogP contribution in [0.3, 0.4) is 0 Å². The number of esters is 1. The van der Waals surface area contributed by atoms with E-state index in [1.807, 2.05) is 54.6 Å². The molecule has 1 atom stereocenters. The van der Waals surface area contributed by atoms with E-state index in [0.717, 1.165) is 27.1 Å². The summed E-state index contributed by atoms with van der Waals surface area (Å²) in [6.07, 6.45) is 1.96. The summed E-state index contributed by atoms with van der Waals surface area (Å²) in [5, 5.41) is 4.32. The van der Waals surface area contributed by atoms with Crippen LogP contribution in [0, 0.1) is 0 Å². The minimum absolute atomic E-state index is 0.215. The van der Waals surface area contributed by atoms with Crippen LogP contribution < -0.4 is 19.6 Å². The van der Waals surface area contributed by atoms with Crippen molar-refractivity contribution in [3.05, 3.63) is 121 Å². The molecule has 0 saturated carbocycles. The number of carbonyl (C=O) groups excluding carboxylic acids is 1. The summed E-state index contributed by atoms with van der Waals surface area (Å²) in [5.74, 6) is 0.0811. The number of methoxy groups -OCH3 is 1. The molecule has 0 fully saturated rings. The number of aromatic nitrogens is 1. The third-order valence-corrected chi connectivity index (χ3v) is 8.02. The molecule has 1 aliphatic rings. The number of ether oxygens (including phenoxy) is 2. The Hall–Kier alpha value is -4.49. The van der Waals surface area contributed by atoms with Crippen molar-refractivity contribution in [2.24, 2.45) is 4.99 Å². The molecule has 4 aromatic carbocycles. The number of rotatable bonds is 5. The summed E-state index contributed by atoms with van der Waals surface area (Å²) in [4.78, 5) is 32.6. The molecule has 1 aliphatic heterocycles. The van der Waals surface area contributed by atoms with Crippen LogP contribution in [-0.4, -0.2) is 24.3 Å². The number of hydrogen-bond acceptors (Lipinski definition) is 6. The smallest absolute Gasteiger partial charge is 0.338 e. The lowest BCUT2D eigenvalue weighted by atomic mass is 9.95. The Morgan fingerprint density at radius 2 is 1.64 bits per heavy atom. The maximum Gasteiger partial charge on any atom is 0.338 e. The first kappa shape index (κ1) is 24.8. The van der Waals surface area contributed by atoms with E-state index in [1.165, 1.54) is 11.3 Å². The highest BCUT2D eigenvalue weighted by Crippen LogP contribution is 2.36. The number of allylic oxidation sites excluding steroid dienone is 1. The fraction of sp³-hybridized carbons (Fsp3) is 0.156. The Balaban J connectivity index is 1.66. The van der Waals surface area contributed by atoms with E-state index < -0.39 is 12.0 Å². The summed E-state index contributed by atoms with van der Waals surface area (Å²) in [6, 6.07) is 25.2. The number of thiazole rings is 1. The number of carbonyl (C=O) groups is 1. The predicted octanol–water partition coefficient (Wildman–Crippen LogP) is 5.11. The third-order valence-electron chi connectivity index (χ3n) is 7.04. The fourth-order valence-electron chi connectivity index (χ4n) is 5.31. The zero-order chi connectivity index (χ0) is 27.1. The molecule has 194 valence electrons. The Labute approximate surface area is 228 Å². The van der Waals surface area contributed by atoms with Gasteiger partial charge >= 0.3 is 5.97 Å². The second-order valence-corrected chi connectivity index (χ2v) is 10.3. The average Bonchev–Trinajstić information content (AvgIpc) is 3.26. The minimum Gasteiger partial charge on any atom is -0.496 e. The predicted molar refractivity (Wildman–Crippen MR) is 155 cm³/mol. The normalized spacial score (nSPS) is 15.4. The van der Waals surface area contributed by atoms with Gasteiger partial charge in [-0.1, -0.05) is 78.1 Å². The molecule has 1 unspecified atom stereocenters. The second-order valence-electron chi connectivity index (χ2n) is 9.28. The Kier molecular flexibility index (Phi) is 6.37. The van der Waals surface area contributed by atoms with Gasteiger partial charge in [0.25, 0.3) is 5.56 Å². The molecule has 0 spiro atoms. The zero-order valence-corrected chi connectivity index (χ0v) is 22.6. The maximum absolute atomic E-state index is 14.2. The monoisotopic (exact) mass is 534 g/mol. The van der Waals surface area contributed by atoms with Gasteiger partial charge in [-0.2, -0.15) is 0 Å². The van der Waals surface area contributed by atoms with Crippen LogP contribution in [0.25, 0.3) is 27.6 Å². The van der Waals surface area contributed by atoms with Gasteiger partial charge in [-0.25, -0.2) is 9.79 Å². The topological polar surface area (TPSA) is 69.9 Å². The van der Waals surface area contributed by atoms with Gasteiger partial charge in [0, 0.05) is 5.56 Å². The maximum atomic E-state index is 14.2. The van der Waals surface area contributed by atoms with Crippen molar-refractivity contribution in [2.45, 2.75) is 19.9 Å². The number of hydrogen-bond donors (Lipinski definition) is 0. The van der Waals surface area contributed by atoms with Crippen LogP contribution in [0.15, 0.2) is 99.9 Å². The van der Waals surface area contributed by atoms with E-state index in [1.54, 1.807) is 25.5 Å². The van der Waals surface area contributed by atoms with Gasteiger partial charge < -0.3 is 9.47 Å². The van der Waals surface area contributed by atoms with Gasteiger partial charge in [-0.05, 0) is 59.2 Å². The Morgan fingerprint density at radius 3 is 2.31 bits per heavy atom. The molecule has 6 rings (SSSR count). The van der Waals surface area contributed by atoms with Gasteiger partial charge in [0.05, 0.1) is 29.5 Å². The van der Waals surface area contributed by atoms with Crippen LogP contribution in [0.2, 0.25) is 0 Å². The van der Waals surface area contributed by atoms with Crippen molar-refractivity contribution >= 4 is 44.9 Å². The lowest BCUT2D eigenvalue weighted by Gasteiger charge is -2.25. The summed E-state index contributed by atoms with van der Waals surface area (Å²) < 4.78 is 13.2. The van der Waals surface area contributed by atoms with Gasteiger partial charge in [0.15, 0.2) is 4.80 Å². The molecule has 5 aromatic rings. The molecule has 7 heteroatoms. The molecular weight excluding hydrogens is 508 g/mol. The first-order valence-electron chi connectivity index (χ1n) is 12.7. The first-order valence-corrected chi connectivity index (χ1v) is 13.6. The molecule has 0 bridgehead atoms. The molecule has 2 heterocycles. The van der Waals surface area contributed by atoms with Crippen LogP contribution in [0.4, 0.5) is 0 Å². The number of nitrogens with zero attached hydrogens (tertiary/aromatic N) is 2. The van der Waals surface area contributed by atoms with E-state index in [0.29, 0.717) is 31.9 Å². The molecular formula is C32H26N2O4S. The SMILES string of the molecule is CCOC(=O)C1=C(C)N=c2s/c(=C/c3c4ccccc4cc4ccccc34)c(=O)n2C1c1ccccc1OC. The summed E-state index contributed by atoms with van der Waals surface area (Å²) in [7, 11) is 1.58. The molecule has 0 saturated heterocycles. The quantitative estimate of drug-likeness (QED) is 0.232. The molecule has 1 aromatic heterocycles. The number of benzene rings is 4. The molecule has 0 amide bonds. The van der Waals surface area contributed by atoms with Crippen molar-refractivity contribution in [2.75, 3.05) is 13.7 Å². The van der Waals surface area contributed by atoms with Crippen LogP contribution >= 0.6 is 11.3 Å². The molecule has 0 N–H and O–H groups in total. The summed E-state index contributed by atoms with van der Waals surface area (Å²) >= 11 is 1.32. The van der Waals surface area contributed by atoms with Crippen molar-refractivity contribution < 1.29 is 14.3 Å². The molecule has 0 radical (unpaired) electrons. The zero-order valence-electron chi connectivity index (χ0n) is 21.8. The Bertz CT molecular complexity index is 1930. The van der Waals surface area contributed by atoms with Crippen molar-refractivity contribution in [1.82, 2.24) is 4.57 Å². The molecule has 0 aliphatic carbocycles. The summed E-state index contributed by atoms with van der Waals surface area (Å²) in [5.41, 5.74) is 2.30. The van der Waals surface area contributed by atoms with E-state index in [4.69, 9.17) is 14.5 Å². The largest absolute Gasteiger partial charge is 0.496 e. The van der Waals surface area contributed by atoms with Gasteiger partial charge in [0.2, 0.25) is 0 Å². The van der Waals surface area contributed by atoms with Crippen molar-refractivity contribution in [3.63, 3.8) is 0 Å². The average molecular weight is 535 g/mol. The minimum atomic E-state index is -0.733. The highest BCUT2D eigenvalue weighted by Gasteiger charge is 2.35. The first-order chi connectivity index (χ1) is 19.0. The lowest BCUT2D eigenvalue weighted by Crippen LogP contribution is -2.40. The summed E-state index contributed by atoms with van der Waals surface area (Å²) in [6.45, 7) is 3.76. The van der Waals surface area contributed by atoms with E-state index in [9.17, 15) is 9.59 Å². The van der Waals surface area contributed by atoms with Gasteiger partial charge in [-0.15, -0.1) is 0 Å². The van der Waals surface area contributed by atoms with E-state index in [-0.39, 0.29) is 12.2 Å². The van der Waals surface area contributed by atoms with Crippen molar-refractivity contribution in [1.29, 1.82) is 0 Å². The van der Waals surface area contributed by atoms with Crippen molar-refractivity contribution in [3.8, 4) is 5.75 Å². The van der Waals surface area contributed by atoms with E-state index in [2.05, 4.69) is 30.3 Å². The van der Waals surface area contributed by atoms with Crippen LogP contribution in [0.5, 0.6) is 5.75 Å². The van der Waals surface area contributed by atoms with Crippen LogP contribution in [0.1, 0.15) is 31.0 Å². The lowest BCUT2D eigenvalue weighted by molar-refractivity contribution is -0.139. The molecule has 39 heavy (non-hydrogen) atoms. The standard InChI is InChI=1S/C32H26N2O4S/c1-4-38-31(36)28-19(2)33-32-34(29(28)24-15-9-10-16-26(24)37-3)30(35)27(39-32)18-25-22-13-7-5-11-20(22)17-21-12-6-8-14-23(21)25/h5-18,29H,4H2,1-3H3/b27-18+. The Morgan fingerprint density at radius 1 is 1.00 bits per heavy atom. The second kappa shape index (κ2) is 10.0. The number of fused-ring (bicyclic) bond motifs is 3. The molecule has 6 nitrogen and oxygen atoms in total. The van der Waals surface area contributed by atoms with Gasteiger partial charge in [-0.3, -0.25) is 9.36 Å². The highest BCUT2D eigenvalue weighted by molar-refractivity contribution is 7.07. The van der Waals surface area contributed by atoms with Gasteiger partial charge in [0.1, 0.15) is 11.8 Å². The highest BCUT2D eigenvalue weighted by atomic mass is 32.1. The van der Waals surface area contributed by atoms with E-state index >= 15 is 0 Å². The number of para-hydroxylation sites is 1. The third kappa shape index (κ3) is 4.15.